The highest BCUT2D eigenvalue weighted by Crippen LogP contribution is 2.39. The van der Waals surface area contributed by atoms with E-state index < -0.39 is 10.0 Å². The molecule has 2 aliphatic rings. The Labute approximate surface area is 144 Å². The van der Waals surface area contributed by atoms with Crippen LogP contribution in [0.2, 0.25) is 0 Å². The molecule has 1 saturated heterocycles. The molecule has 1 heterocycles. The predicted octanol–water partition coefficient (Wildman–Crippen LogP) is 2.13. The van der Waals surface area contributed by atoms with Gasteiger partial charge < -0.3 is 4.90 Å². The maximum Gasteiger partial charge on any atom is 0.243 e. The minimum atomic E-state index is -3.46. The summed E-state index contributed by atoms with van der Waals surface area (Å²) in [5, 5.41) is 0. The molecular formula is C18H26N2O3S. The number of hydrogen-bond acceptors (Lipinski definition) is 3. The van der Waals surface area contributed by atoms with Crippen LogP contribution in [0.15, 0.2) is 29.2 Å². The third kappa shape index (κ3) is 3.49. The van der Waals surface area contributed by atoms with E-state index in [4.69, 9.17) is 0 Å². The summed E-state index contributed by atoms with van der Waals surface area (Å²) in [7, 11) is -3.46. The van der Waals surface area contributed by atoms with Crippen molar-refractivity contribution in [2.45, 2.75) is 38.0 Å². The third-order valence-electron chi connectivity index (χ3n) is 5.08. The molecule has 0 radical (unpaired) electrons. The molecule has 24 heavy (non-hydrogen) atoms. The number of carbonyl (C=O) groups is 1. The first-order valence-electron chi connectivity index (χ1n) is 8.81. The number of amides is 1. The summed E-state index contributed by atoms with van der Waals surface area (Å²) in [4.78, 5) is 14.4. The van der Waals surface area contributed by atoms with Crippen molar-refractivity contribution in [1.82, 2.24) is 9.21 Å². The zero-order valence-electron chi connectivity index (χ0n) is 14.4. The molecule has 1 amide bonds. The Morgan fingerprint density at radius 2 is 1.71 bits per heavy atom. The molecule has 6 heteroatoms. The fourth-order valence-electron chi connectivity index (χ4n) is 3.32. The van der Waals surface area contributed by atoms with Crippen molar-refractivity contribution in [2.24, 2.45) is 11.8 Å². The molecule has 0 bridgehead atoms. The van der Waals surface area contributed by atoms with Crippen molar-refractivity contribution in [1.29, 1.82) is 0 Å². The lowest BCUT2D eigenvalue weighted by Crippen LogP contribution is -2.51. The lowest BCUT2D eigenvalue weighted by Gasteiger charge is -2.34. The van der Waals surface area contributed by atoms with Crippen molar-refractivity contribution in [3.05, 3.63) is 29.8 Å². The summed E-state index contributed by atoms with van der Waals surface area (Å²) in [6, 6.07) is 7.18. The average molecular weight is 350 g/mol. The lowest BCUT2D eigenvalue weighted by atomic mass is 10.1. The van der Waals surface area contributed by atoms with Gasteiger partial charge in [-0.05, 0) is 36.5 Å². The van der Waals surface area contributed by atoms with E-state index in [1.54, 1.807) is 12.1 Å². The van der Waals surface area contributed by atoms with Crippen molar-refractivity contribution >= 4 is 15.9 Å². The number of hydrogen-bond donors (Lipinski definition) is 0. The molecule has 1 aromatic rings. The van der Waals surface area contributed by atoms with Crippen molar-refractivity contribution in [3.8, 4) is 0 Å². The number of nitrogens with zero attached hydrogens (tertiary/aromatic N) is 2. The fraction of sp³-hybridized carbons (Fsp3) is 0.611. The van der Waals surface area contributed by atoms with E-state index in [0.717, 1.165) is 24.8 Å². The molecular weight excluding hydrogens is 324 g/mol. The molecule has 0 N–H and O–H groups in total. The summed E-state index contributed by atoms with van der Waals surface area (Å²) in [5.74, 6) is 0.851. The minimum Gasteiger partial charge on any atom is -0.340 e. The van der Waals surface area contributed by atoms with E-state index >= 15 is 0 Å². The Kier molecular flexibility index (Phi) is 4.97. The predicted molar refractivity (Wildman–Crippen MR) is 93.0 cm³/mol. The Morgan fingerprint density at radius 1 is 1.12 bits per heavy atom. The standard InChI is InChI=1S/C18H26N2O3S/c1-3-4-15-5-7-16(8-6-15)24(22,23)20-11-9-19(10-12-20)18(21)17-13-14(17)2/h5-8,14,17H,3-4,9-13H2,1-2H3/t14-,17+/m0/s1. The van der Waals surface area contributed by atoms with Crippen LogP contribution in [-0.4, -0.2) is 49.7 Å². The quantitative estimate of drug-likeness (QED) is 0.817. The molecule has 1 saturated carbocycles. The van der Waals surface area contributed by atoms with Crippen LogP contribution in [0.25, 0.3) is 0 Å². The molecule has 1 aromatic carbocycles. The van der Waals surface area contributed by atoms with E-state index in [0.29, 0.717) is 37.0 Å². The molecule has 0 aromatic heterocycles. The lowest BCUT2D eigenvalue weighted by molar-refractivity contribution is -0.134. The Bertz CT molecular complexity index is 691. The molecule has 1 aliphatic carbocycles. The summed E-state index contributed by atoms with van der Waals surface area (Å²) < 4.78 is 27.0. The van der Waals surface area contributed by atoms with Crippen molar-refractivity contribution in [2.75, 3.05) is 26.2 Å². The van der Waals surface area contributed by atoms with Gasteiger partial charge >= 0.3 is 0 Å². The van der Waals surface area contributed by atoms with Gasteiger partial charge in [-0.3, -0.25) is 4.79 Å². The molecule has 5 nitrogen and oxygen atoms in total. The average Bonchev–Trinajstić information content (AvgIpc) is 3.32. The second kappa shape index (κ2) is 6.84. The number of rotatable bonds is 5. The fourth-order valence-corrected chi connectivity index (χ4v) is 4.74. The third-order valence-corrected chi connectivity index (χ3v) is 6.99. The second-order valence-corrected chi connectivity index (χ2v) is 8.88. The van der Waals surface area contributed by atoms with Crippen LogP contribution in [0.3, 0.4) is 0 Å². The second-order valence-electron chi connectivity index (χ2n) is 6.94. The van der Waals surface area contributed by atoms with E-state index in [9.17, 15) is 13.2 Å². The number of sulfonamides is 1. The van der Waals surface area contributed by atoms with Gasteiger partial charge in [0.2, 0.25) is 15.9 Å². The van der Waals surface area contributed by atoms with Gasteiger partial charge in [0.15, 0.2) is 0 Å². The summed E-state index contributed by atoms with van der Waals surface area (Å²) in [6.45, 7) is 5.95. The molecule has 2 fully saturated rings. The van der Waals surface area contributed by atoms with Gasteiger partial charge in [0.05, 0.1) is 4.90 Å². The number of carbonyl (C=O) groups excluding carboxylic acids is 1. The Balaban J connectivity index is 1.63. The number of piperazine rings is 1. The Hall–Kier alpha value is -1.40. The Morgan fingerprint density at radius 3 is 2.21 bits per heavy atom. The van der Waals surface area contributed by atoms with E-state index in [1.165, 1.54) is 4.31 Å². The van der Waals surface area contributed by atoms with Gasteiger partial charge in [-0.1, -0.05) is 32.4 Å². The molecule has 0 spiro atoms. The monoisotopic (exact) mass is 350 g/mol. The van der Waals surface area contributed by atoms with Gasteiger partial charge in [0.1, 0.15) is 0 Å². The molecule has 0 unspecified atom stereocenters. The van der Waals surface area contributed by atoms with Crippen molar-refractivity contribution in [3.63, 3.8) is 0 Å². The first kappa shape index (κ1) is 17.4. The minimum absolute atomic E-state index is 0.166. The highest BCUT2D eigenvalue weighted by Gasteiger charge is 2.42. The zero-order valence-corrected chi connectivity index (χ0v) is 15.3. The number of aryl methyl sites for hydroxylation is 1. The van der Waals surface area contributed by atoms with Crippen LogP contribution in [0.5, 0.6) is 0 Å². The van der Waals surface area contributed by atoms with Crippen molar-refractivity contribution < 1.29 is 13.2 Å². The smallest absolute Gasteiger partial charge is 0.243 e. The van der Waals surface area contributed by atoms with Crippen LogP contribution in [0, 0.1) is 11.8 Å². The first-order valence-corrected chi connectivity index (χ1v) is 10.3. The zero-order chi connectivity index (χ0) is 17.3. The summed E-state index contributed by atoms with van der Waals surface area (Å²) >= 11 is 0. The van der Waals surface area contributed by atoms with E-state index in [2.05, 4.69) is 13.8 Å². The van der Waals surface area contributed by atoms with Crippen LogP contribution >= 0.6 is 0 Å². The van der Waals surface area contributed by atoms with E-state index in [-0.39, 0.29) is 11.8 Å². The molecule has 3 rings (SSSR count). The van der Waals surface area contributed by atoms with Crippen LogP contribution < -0.4 is 0 Å². The molecule has 1 aliphatic heterocycles. The number of benzene rings is 1. The highest BCUT2D eigenvalue weighted by molar-refractivity contribution is 7.89. The van der Waals surface area contributed by atoms with Gasteiger partial charge in [-0.2, -0.15) is 4.31 Å². The maximum absolute atomic E-state index is 12.8. The topological polar surface area (TPSA) is 57.7 Å². The highest BCUT2D eigenvalue weighted by atomic mass is 32.2. The normalized spacial score (nSPS) is 24.8. The van der Waals surface area contributed by atoms with Gasteiger partial charge in [-0.25, -0.2) is 8.42 Å². The van der Waals surface area contributed by atoms with Gasteiger partial charge in [-0.15, -0.1) is 0 Å². The largest absolute Gasteiger partial charge is 0.340 e. The summed E-state index contributed by atoms with van der Waals surface area (Å²) in [5.41, 5.74) is 1.16. The van der Waals surface area contributed by atoms with Gasteiger partial charge in [0, 0.05) is 32.1 Å². The van der Waals surface area contributed by atoms with Crippen LogP contribution in [-0.2, 0) is 21.2 Å². The van der Waals surface area contributed by atoms with Gasteiger partial charge in [0.25, 0.3) is 0 Å². The van der Waals surface area contributed by atoms with E-state index in [1.807, 2.05) is 17.0 Å². The van der Waals surface area contributed by atoms with Crippen LogP contribution in [0.4, 0.5) is 0 Å². The van der Waals surface area contributed by atoms with Crippen LogP contribution in [0.1, 0.15) is 32.3 Å². The summed E-state index contributed by atoms with van der Waals surface area (Å²) in [6.07, 6.45) is 2.98. The molecule has 2 atom stereocenters. The maximum atomic E-state index is 12.8. The molecule has 132 valence electrons. The first-order chi connectivity index (χ1) is 11.4. The SMILES string of the molecule is CCCc1ccc(S(=O)(=O)N2CCN(C(=O)[C@@H]3C[C@@H]3C)CC2)cc1.